The molecule has 0 N–H and O–H groups in total. The first-order valence-corrected chi connectivity index (χ1v) is 7.17. The lowest BCUT2D eigenvalue weighted by molar-refractivity contribution is 0.0958. The van der Waals surface area contributed by atoms with Crippen LogP contribution in [0.5, 0.6) is 0 Å². The molecule has 1 heterocycles. The number of hydrogen-bond acceptors (Lipinski definition) is 2. The van der Waals surface area contributed by atoms with Crippen molar-refractivity contribution < 1.29 is 4.79 Å². The van der Waals surface area contributed by atoms with E-state index in [1.54, 1.807) is 0 Å². The molecule has 3 heteroatoms. The Bertz CT molecular complexity index is 362. The van der Waals surface area contributed by atoms with Crippen molar-refractivity contribution in [2.45, 2.75) is 40.5 Å². The van der Waals surface area contributed by atoms with Gasteiger partial charge in [-0.2, -0.15) is 0 Å². The van der Waals surface area contributed by atoms with Crippen molar-refractivity contribution in [3.63, 3.8) is 0 Å². The molecule has 0 aromatic carbocycles. The molecule has 0 saturated heterocycles. The molecule has 0 saturated carbocycles. The van der Waals surface area contributed by atoms with E-state index >= 15 is 0 Å². The monoisotopic (exact) mass is 302 g/mol. The quantitative estimate of drug-likeness (QED) is 0.702. The van der Waals surface area contributed by atoms with E-state index in [2.05, 4.69) is 43.6 Å². The molecule has 1 rings (SSSR count). The Morgan fingerprint density at radius 3 is 2.50 bits per heavy atom. The Labute approximate surface area is 110 Å². The van der Waals surface area contributed by atoms with Crippen LogP contribution in [0.3, 0.4) is 0 Å². The predicted octanol–water partition coefficient (Wildman–Crippen LogP) is 5.16. The maximum absolute atomic E-state index is 11.9. The summed E-state index contributed by atoms with van der Waals surface area (Å²) in [6, 6.07) is 3.84. The number of carbonyl (C=O) groups excluding carboxylic acids is 1. The van der Waals surface area contributed by atoms with Crippen molar-refractivity contribution in [3.05, 3.63) is 20.8 Å². The van der Waals surface area contributed by atoms with Gasteiger partial charge in [0.1, 0.15) is 0 Å². The summed E-state index contributed by atoms with van der Waals surface area (Å²) in [5.74, 6) is 0.723. The van der Waals surface area contributed by atoms with Gasteiger partial charge < -0.3 is 0 Å². The van der Waals surface area contributed by atoms with Crippen LogP contribution >= 0.6 is 27.3 Å². The Morgan fingerprint density at radius 1 is 1.44 bits per heavy atom. The van der Waals surface area contributed by atoms with E-state index in [0.29, 0.717) is 17.8 Å². The summed E-state index contributed by atoms with van der Waals surface area (Å²) in [5, 5.41) is 0. The van der Waals surface area contributed by atoms with Gasteiger partial charge in [0, 0.05) is 6.42 Å². The molecule has 90 valence electrons. The van der Waals surface area contributed by atoms with Gasteiger partial charge in [0.05, 0.1) is 8.66 Å². The van der Waals surface area contributed by atoms with Crippen molar-refractivity contribution in [1.29, 1.82) is 0 Å². The minimum atomic E-state index is 0.271. The molecule has 1 aromatic rings. The molecule has 1 aromatic heterocycles. The zero-order valence-corrected chi connectivity index (χ0v) is 12.7. The van der Waals surface area contributed by atoms with E-state index in [0.717, 1.165) is 15.1 Å². The third-order valence-corrected chi connectivity index (χ3v) is 4.01. The van der Waals surface area contributed by atoms with Crippen LogP contribution in [-0.2, 0) is 0 Å². The summed E-state index contributed by atoms with van der Waals surface area (Å²) >= 11 is 4.90. The Kier molecular flexibility index (Phi) is 4.74. The highest BCUT2D eigenvalue weighted by molar-refractivity contribution is 9.11. The molecule has 1 nitrogen and oxygen atoms in total. The molecule has 1 unspecified atom stereocenters. The number of carbonyl (C=O) groups is 1. The first-order chi connectivity index (χ1) is 7.28. The van der Waals surface area contributed by atoms with Gasteiger partial charge >= 0.3 is 0 Å². The first-order valence-electron chi connectivity index (χ1n) is 5.56. The Balaban J connectivity index is 2.52. The summed E-state index contributed by atoms with van der Waals surface area (Å²) in [7, 11) is 0. The third-order valence-electron chi connectivity index (χ3n) is 2.34. The number of Topliss-reactive ketones (excluding diaryl/α,β-unsaturated/α-hetero) is 1. The largest absolute Gasteiger partial charge is 0.293 e. The smallest absolute Gasteiger partial charge is 0.173 e. The van der Waals surface area contributed by atoms with Crippen molar-refractivity contribution in [3.8, 4) is 0 Å². The Hall–Kier alpha value is -0.150. The van der Waals surface area contributed by atoms with Crippen molar-refractivity contribution in [2.24, 2.45) is 11.3 Å². The minimum Gasteiger partial charge on any atom is -0.293 e. The van der Waals surface area contributed by atoms with Crippen LogP contribution in [0.2, 0.25) is 0 Å². The molecule has 0 aliphatic carbocycles. The zero-order valence-electron chi connectivity index (χ0n) is 10.3. The van der Waals surface area contributed by atoms with E-state index in [1.807, 2.05) is 12.1 Å². The Morgan fingerprint density at radius 2 is 2.06 bits per heavy atom. The normalized spacial score (nSPS) is 13.8. The molecule has 0 aliphatic rings. The maximum atomic E-state index is 11.9. The van der Waals surface area contributed by atoms with Crippen molar-refractivity contribution in [1.82, 2.24) is 0 Å². The summed E-state index contributed by atoms with van der Waals surface area (Å²) in [6.07, 6.45) is 1.75. The molecule has 16 heavy (non-hydrogen) atoms. The highest BCUT2D eigenvalue weighted by Gasteiger charge is 2.19. The van der Waals surface area contributed by atoms with Gasteiger partial charge in [-0.25, -0.2) is 0 Å². The molecule has 0 bridgehead atoms. The van der Waals surface area contributed by atoms with E-state index in [-0.39, 0.29) is 5.78 Å². The minimum absolute atomic E-state index is 0.271. The van der Waals surface area contributed by atoms with E-state index in [9.17, 15) is 4.79 Å². The van der Waals surface area contributed by atoms with Gasteiger partial charge in [-0.15, -0.1) is 11.3 Å². The molecule has 0 amide bonds. The van der Waals surface area contributed by atoms with Crippen LogP contribution in [0.1, 0.15) is 50.2 Å². The second-order valence-electron chi connectivity index (χ2n) is 5.60. The van der Waals surface area contributed by atoms with E-state index < -0.39 is 0 Å². The van der Waals surface area contributed by atoms with Gasteiger partial charge in [-0.05, 0) is 45.8 Å². The SMILES string of the molecule is CC(CC(=O)c1ccc(Br)s1)CC(C)(C)C. The van der Waals surface area contributed by atoms with E-state index in [4.69, 9.17) is 0 Å². The predicted molar refractivity (Wildman–Crippen MR) is 74.2 cm³/mol. The molecule has 0 spiro atoms. The van der Waals surface area contributed by atoms with Crippen LogP contribution in [-0.4, -0.2) is 5.78 Å². The molecule has 0 aliphatic heterocycles. The summed E-state index contributed by atoms with van der Waals surface area (Å²) in [4.78, 5) is 12.8. The van der Waals surface area contributed by atoms with Crippen molar-refractivity contribution >= 4 is 33.0 Å². The number of thiophene rings is 1. The highest BCUT2D eigenvalue weighted by atomic mass is 79.9. The molecule has 1 atom stereocenters. The van der Waals surface area contributed by atoms with Gasteiger partial charge in [-0.1, -0.05) is 27.7 Å². The summed E-state index contributed by atoms with van der Waals surface area (Å²) in [5.41, 5.74) is 0.301. The van der Waals surface area contributed by atoms with Crippen LogP contribution in [0.15, 0.2) is 15.9 Å². The fraction of sp³-hybridized carbons (Fsp3) is 0.615. The van der Waals surface area contributed by atoms with Crippen LogP contribution in [0.4, 0.5) is 0 Å². The van der Waals surface area contributed by atoms with Gasteiger partial charge in [0.2, 0.25) is 0 Å². The topological polar surface area (TPSA) is 17.1 Å². The average molecular weight is 303 g/mol. The molecule has 0 fully saturated rings. The number of halogens is 1. The third kappa shape index (κ3) is 4.79. The first kappa shape index (κ1) is 13.9. The van der Waals surface area contributed by atoms with Gasteiger partial charge in [0.25, 0.3) is 0 Å². The van der Waals surface area contributed by atoms with E-state index in [1.165, 1.54) is 11.3 Å². The fourth-order valence-corrected chi connectivity index (χ4v) is 3.33. The maximum Gasteiger partial charge on any atom is 0.173 e. The van der Waals surface area contributed by atoms with Crippen molar-refractivity contribution in [2.75, 3.05) is 0 Å². The lowest BCUT2D eigenvalue weighted by Gasteiger charge is -2.22. The van der Waals surface area contributed by atoms with Crippen LogP contribution in [0.25, 0.3) is 0 Å². The lowest BCUT2D eigenvalue weighted by Crippen LogP contribution is -2.13. The van der Waals surface area contributed by atoms with Crippen LogP contribution < -0.4 is 0 Å². The molecular weight excluding hydrogens is 284 g/mol. The van der Waals surface area contributed by atoms with Crippen LogP contribution in [0, 0.1) is 11.3 Å². The number of ketones is 1. The number of rotatable bonds is 4. The molecule has 0 radical (unpaired) electrons. The lowest BCUT2D eigenvalue weighted by atomic mass is 9.83. The second kappa shape index (κ2) is 5.46. The highest BCUT2D eigenvalue weighted by Crippen LogP contribution is 2.29. The standard InChI is InChI=1S/C13H19BrOS/c1-9(8-13(2,3)4)7-10(15)11-5-6-12(14)16-11/h5-6,9H,7-8H2,1-4H3. The van der Waals surface area contributed by atoms with Gasteiger partial charge in [-0.3, -0.25) is 4.79 Å². The zero-order chi connectivity index (χ0) is 12.3. The summed E-state index contributed by atoms with van der Waals surface area (Å²) in [6.45, 7) is 8.81. The fourth-order valence-electron chi connectivity index (χ4n) is 2.00. The average Bonchev–Trinajstić information content (AvgIpc) is 2.47. The number of hydrogen-bond donors (Lipinski definition) is 0. The van der Waals surface area contributed by atoms with Gasteiger partial charge in [0.15, 0.2) is 5.78 Å². The second-order valence-corrected chi connectivity index (χ2v) is 8.06. The summed E-state index contributed by atoms with van der Waals surface area (Å²) < 4.78 is 1.03. The molecular formula is C13H19BrOS.